The Bertz CT molecular complexity index is 281. The quantitative estimate of drug-likeness (QED) is 0.782. The van der Waals surface area contributed by atoms with Crippen LogP contribution >= 0.6 is 0 Å². The molecule has 17 heavy (non-hydrogen) atoms. The second kappa shape index (κ2) is 5.81. The monoisotopic (exact) mass is 237 g/mol. The molecular formula is C13H23N3O. The summed E-state index contributed by atoms with van der Waals surface area (Å²) in [6.45, 7) is 4.03. The zero-order valence-electron chi connectivity index (χ0n) is 10.7. The normalized spacial score (nSPS) is 36.1. The molecule has 1 N–H and O–H groups in total. The molecule has 2 unspecified atom stereocenters. The molecule has 0 aromatic rings. The van der Waals surface area contributed by atoms with E-state index in [0.29, 0.717) is 0 Å². The van der Waals surface area contributed by atoms with E-state index in [0.717, 1.165) is 51.9 Å². The maximum absolute atomic E-state index is 9.70. The molecule has 0 bridgehead atoms. The molecular weight excluding hydrogens is 214 g/mol. The lowest BCUT2D eigenvalue weighted by atomic mass is 9.78. The summed E-state index contributed by atoms with van der Waals surface area (Å²) in [6.07, 6.45) is 5.53. The van der Waals surface area contributed by atoms with E-state index in [-0.39, 0.29) is 11.6 Å². The summed E-state index contributed by atoms with van der Waals surface area (Å²) in [4.78, 5) is 2.36. The number of methoxy groups -OCH3 is 1. The molecule has 2 aliphatic rings. The second-order valence-corrected chi connectivity index (χ2v) is 5.10. The Kier molecular flexibility index (Phi) is 4.38. The Morgan fingerprint density at radius 3 is 2.94 bits per heavy atom. The standard InChI is InChI=1S/C13H23N3O/c1-17-12-5-2-3-6-13(12,11-14)16-9-4-7-15-8-10-16/h12,15H,2-10H2,1H3. The summed E-state index contributed by atoms with van der Waals surface area (Å²) in [7, 11) is 1.75. The number of rotatable bonds is 2. The number of nitrogens with zero attached hydrogens (tertiary/aromatic N) is 2. The molecule has 0 aromatic carbocycles. The van der Waals surface area contributed by atoms with Crippen molar-refractivity contribution in [1.29, 1.82) is 5.26 Å². The van der Waals surface area contributed by atoms with E-state index in [2.05, 4.69) is 16.3 Å². The van der Waals surface area contributed by atoms with Crippen molar-refractivity contribution in [3.05, 3.63) is 0 Å². The molecule has 1 heterocycles. The number of hydrogen-bond donors (Lipinski definition) is 1. The number of nitrogens with one attached hydrogen (secondary N) is 1. The van der Waals surface area contributed by atoms with Crippen molar-refractivity contribution in [1.82, 2.24) is 10.2 Å². The van der Waals surface area contributed by atoms with Crippen LogP contribution in [0.2, 0.25) is 0 Å². The Labute approximate surface area is 104 Å². The van der Waals surface area contributed by atoms with Crippen molar-refractivity contribution < 1.29 is 4.74 Å². The van der Waals surface area contributed by atoms with Crippen molar-refractivity contribution in [3.63, 3.8) is 0 Å². The maximum Gasteiger partial charge on any atom is 0.135 e. The van der Waals surface area contributed by atoms with Crippen molar-refractivity contribution >= 4 is 0 Å². The fraction of sp³-hybridized carbons (Fsp3) is 0.923. The second-order valence-electron chi connectivity index (χ2n) is 5.10. The number of ether oxygens (including phenoxy) is 1. The highest BCUT2D eigenvalue weighted by Crippen LogP contribution is 2.35. The van der Waals surface area contributed by atoms with Crippen molar-refractivity contribution in [2.45, 2.75) is 43.7 Å². The summed E-state index contributed by atoms with van der Waals surface area (Å²) in [5.41, 5.74) is -0.376. The SMILES string of the molecule is COC1CCCCC1(C#N)N1CCCNCC1. The molecule has 2 fully saturated rings. The Balaban J connectivity index is 2.18. The van der Waals surface area contributed by atoms with Gasteiger partial charge in [-0.2, -0.15) is 5.26 Å². The van der Waals surface area contributed by atoms with Gasteiger partial charge in [0.2, 0.25) is 0 Å². The third-order valence-corrected chi connectivity index (χ3v) is 4.19. The number of hydrogen-bond acceptors (Lipinski definition) is 4. The van der Waals surface area contributed by atoms with Gasteiger partial charge in [0.25, 0.3) is 0 Å². The molecule has 0 aromatic heterocycles. The minimum absolute atomic E-state index is 0.0827. The van der Waals surface area contributed by atoms with Crippen LogP contribution in [0.3, 0.4) is 0 Å². The first-order chi connectivity index (χ1) is 8.33. The molecule has 96 valence electrons. The summed E-state index contributed by atoms with van der Waals surface area (Å²) in [5, 5.41) is 13.1. The van der Waals surface area contributed by atoms with Crippen molar-refractivity contribution in [3.8, 4) is 6.07 Å². The van der Waals surface area contributed by atoms with E-state index < -0.39 is 0 Å². The molecule has 2 atom stereocenters. The molecule has 0 amide bonds. The lowest BCUT2D eigenvalue weighted by molar-refractivity contribution is -0.0473. The lowest BCUT2D eigenvalue weighted by Crippen LogP contribution is -2.58. The van der Waals surface area contributed by atoms with Gasteiger partial charge in [-0.05, 0) is 25.8 Å². The van der Waals surface area contributed by atoms with Gasteiger partial charge in [-0.15, -0.1) is 0 Å². The third kappa shape index (κ3) is 2.47. The summed E-state index contributed by atoms with van der Waals surface area (Å²) >= 11 is 0. The largest absolute Gasteiger partial charge is 0.378 e. The van der Waals surface area contributed by atoms with Gasteiger partial charge in [0.15, 0.2) is 0 Å². The van der Waals surface area contributed by atoms with Gasteiger partial charge in [-0.3, -0.25) is 4.90 Å². The van der Waals surface area contributed by atoms with E-state index >= 15 is 0 Å². The molecule has 0 spiro atoms. The number of nitriles is 1. The predicted molar refractivity (Wildman–Crippen MR) is 66.7 cm³/mol. The van der Waals surface area contributed by atoms with Gasteiger partial charge in [0.1, 0.15) is 5.54 Å². The van der Waals surface area contributed by atoms with Gasteiger partial charge < -0.3 is 10.1 Å². The van der Waals surface area contributed by atoms with E-state index in [1.165, 1.54) is 6.42 Å². The summed E-state index contributed by atoms with van der Waals surface area (Å²) in [5.74, 6) is 0. The Morgan fingerprint density at radius 1 is 1.29 bits per heavy atom. The van der Waals surface area contributed by atoms with Crippen LogP contribution in [0, 0.1) is 11.3 Å². The van der Waals surface area contributed by atoms with Gasteiger partial charge in [0, 0.05) is 26.7 Å². The molecule has 2 rings (SSSR count). The topological polar surface area (TPSA) is 48.3 Å². The first-order valence-corrected chi connectivity index (χ1v) is 6.73. The van der Waals surface area contributed by atoms with Crippen LogP contribution in [0.1, 0.15) is 32.1 Å². The fourth-order valence-corrected chi connectivity index (χ4v) is 3.24. The highest BCUT2D eigenvalue weighted by Gasteiger charge is 2.46. The highest BCUT2D eigenvalue weighted by molar-refractivity contribution is 5.15. The van der Waals surface area contributed by atoms with Gasteiger partial charge >= 0.3 is 0 Å². The average Bonchev–Trinajstić information content (AvgIpc) is 2.67. The van der Waals surface area contributed by atoms with Crippen molar-refractivity contribution in [2.24, 2.45) is 0 Å². The molecule has 0 radical (unpaired) electrons. The predicted octanol–water partition coefficient (Wildman–Crippen LogP) is 1.13. The van der Waals surface area contributed by atoms with E-state index in [1.54, 1.807) is 7.11 Å². The first kappa shape index (κ1) is 12.8. The smallest absolute Gasteiger partial charge is 0.135 e. The minimum atomic E-state index is -0.376. The van der Waals surface area contributed by atoms with Gasteiger partial charge in [-0.25, -0.2) is 0 Å². The molecule has 1 saturated carbocycles. The maximum atomic E-state index is 9.70. The van der Waals surface area contributed by atoms with Crippen LogP contribution in [0.4, 0.5) is 0 Å². The van der Waals surface area contributed by atoms with Crippen LogP contribution in [-0.2, 0) is 4.74 Å². The van der Waals surface area contributed by atoms with E-state index in [9.17, 15) is 5.26 Å². The molecule has 1 aliphatic heterocycles. The van der Waals surface area contributed by atoms with Crippen LogP contribution in [0.5, 0.6) is 0 Å². The zero-order valence-corrected chi connectivity index (χ0v) is 10.7. The fourth-order valence-electron chi connectivity index (χ4n) is 3.24. The van der Waals surface area contributed by atoms with Crippen LogP contribution in [0.15, 0.2) is 0 Å². The molecule has 1 aliphatic carbocycles. The van der Waals surface area contributed by atoms with Crippen LogP contribution < -0.4 is 5.32 Å². The average molecular weight is 237 g/mol. The molecule has 4 nitrogen and oxygen atoms in total. The van der Waals surface area contributed by atoms with Gasteiger partial charge in [-0.1, -0.05) is 12.8 Å². The summed E-state index contributed by atoms with van der Waals surface area (Å²) < 4.78 is 5.61. The molecule has 4 heteroatoms. The van der Waals surface area contributed by atoms with Crippen LogP contribution in [-0.4, -0.2) is 49.8 Å². The van der Waals surface area contributed by atoms with E-state index in [1.807, 2.05) is 0 Å². The van der Waals surface area contributed by atoms with Crippen LogP contribution in [0.25, 0.3) is 0 Å². The summed E-state index contributed by atoms with van der Waals surface area (Å²) in [6, 6.07) is 2.59. The Hall–Kier alpha value is -0.630. The van der Waals surface area contributed by atoms with Crippen molar-refractivity contribution in [2.75, 3.05) is 33.3 Å². The Morgan fingerprint density at radius 2 is 2.18 bits per heavy atom. The zero-order chi connectivity index (χ0) is 12.1. The third-order valence-electron chi connectivity index (χ3n) is 4.19. The molecule has 1 saturated heterocycles. The van der Waals surface area contributed by atoms with E-state index in [4.69, 9.17) is 4.74 Å². The van der Waals surface area contributed by atoms with Gasteiger partial charge in [0.05, 0.1) is 12.2 Å². The highest BCUT2D eigenvalue weighted by atomic mass is 16.5. The lowest BCUT2D eigenvalue weighted by Gasteiger charge is -2.45. The minimum Gasteiger partial charge on any atom is -0.378 e. The first-order valence-electron chi connectivity index (χ1n) is 6.73.